The van der Waals surface area contributed by atoms with E-state index in [9.17, 15) is 5.11 Å². The van der Waals surface area contributed by atoms with E-state index in [1.807, 2.05) is 25.1 Å². The average molecular weight is 264 g/mol. The Morgan fingerprint density at radius 3 is 2.79 bits per heavy atom. The van der Waals surface area contributed by atoms with Gasteiger partial charge in [0.15, 0.2) is 0 Å². The molecule has 1 saturated heterocycles. The molecule has 2 atom stereocenters. The number of rotatable bonds is 3. The predicted molar refractivity (Wildman–Crippen MR) is 75.4 cm³/mol. The van der Waals surface area contributed by atoms with Crippen LogP contribution in [0.25, 0.3) is 0 Å². The van der Waals surface area contributed by atoms with Gasteiger partial charge >= 0.3 is 0 Å². The lowest BCUT2D eigenvalue weighted by atomic mass is 9.80. The molecule has 3 heteroatoms. The summed E-state index contributed by atoms with van der Waals surface area (Å²) >= 11 is 0. The topological polar surface area (TPSA) is 38.7 Å². The number of aliphatic hydroxyl groups is 1. The van der Waals surface area contributed by atoms with E-state index < -0.39 is 5.60 Å². The van der Waals surface area contributed by atoms with E-state index in [0.29, 0.717) is 25.4 Å². The Morgan fingerprint density at radius 1 is 1.42 bits per heavy atom. The largest absolute Gasteiger partial charge is 0.496 e. The summed E-state index contributed by atoms with van der Waals surface area (Å²) in [7, 11) is 1.65. The van der Waals surface area contributed by atoms with Crippen molar-refractivity contribution in [3.8, 4) is 5.75 Å². The molecule has 1 N–H and O–H groups in total. The molecule has 0 spiro atoms. The third-order valence-corrected chi connectivity index (χ3v) is 3.99. The molecule has 0 aliphatic carbocycles. The summed E-state index contributed by atoms with van der Waals surface area (Å²) in [6.07, 6.45) is 1.35. The van der Waals surface area contributed by atoms with Crippen LogP contribution in [0.4, 0.5) is 0 Å². The van der Waals surface area contributed by atoms with Gasteiger partial charge in [0, 0.05) is 18.4 Å². The molecule has 2 rings (SSSR count). The maximum absolute atomic E-state index is 11.0. The fraction of sp³-hybridized carbons (Fsp3) is 0.625. The third-order valence-electron chi connectivity index (χ3n) is 3.99. The summed E-state index contributed by atoms with van der Waals surface area (Å²) in [4.78, 5) is 0. The Labute approximate surface area is 115 Å². The van der Waals surface area contributed by atoms with Crippen LogP contribution in [0, 0.1) is 12.8 Å². The Balaban J connectivity index is 2.35. The first-order chi connectivity index (χ1) is 8.96. The molecule has 0 bridgehead atoms. The number of aryl methyl sites for hydroxylation is 1. The predicted octanol–water partition coefficient (Wildman–Crippen LogP) is 3.03. The molecule has 0 saturated carbocycles. The highest BCUT2D eigenvalue weighted by atomic mass is 16.5. The van der Waals surface area contributed by atoms with Gasteiger partial charge in [0.05, 0.1) is 25.4 Å². The first-order valence-electron chi connectivity index (χ1n) is 6.95. The second kappa shape index (κ2) is 5.51. The quantitative estimate of drug-likeness (QED) is 0.912. The molecule has 1 aromatic carbocycles. The minimum absolute atomic E-state index is 0.101. The Morgan fingerprint density at radius 2 is 2.16 bits per heavy atom. The van der Waals surface area contributed by atoms with Crippen molar-refractivity contribution in [2.24, 2.45) is 5.92 Å². The summed E-state index contributed by atoms with van der Waals surface area (Å²) < 4.78 is 11.2. The third kappa shape index (κ3) is 2.93. The molecule has 1 aliphatic rings. The summed E-state index contributed by atoms with van der Waals surface area (Å²) in [5.41, 5.74) is 1.19. The van der Waals surface area contributed by atoms with Crippen LogP contribution >= 0.6 is 0 Å². The Bertz CT molecular complexity index is 442. The SMILES string of the molecule is COc1ccc(C)cc1C1(O)CCOC(C(C)C)C1. The van der Waals surface area contributed by atoms with Crippen LogP contribution in [-0.4, -0.2) is 24.9 Å². The van der Waals surface area contributed by atoms with Gasteiger partial charge in [-0.1, -0.05) is 25.5 Å². The van der Waals surface area contributed by atoms with Crippen molar-refractivity contribution in [1.82, 2.24) is 0 Å². The molecule has 0 radical (unpaired) electrons. The summed E-state index contributed by atoms with van der Waals surface area (Å²) in [5.74, 6) is 1.17. The second-order valence-corrected chi connectivity index (χ2v) is 5.84. The van der Waals surface area contributed by atoms with Crippen LogP contribution in [0.3, 0.4) is 0 Å². The summed E-state index contributed by atoms with van der Waals surface area (Å²) in [6, 6.07) is 5.97. The van der Waals surface area contributed by atoms with Crippen LogP contribution in [0.15, 0.2) is 18.2 Å². The average Bonchev–Trinajstić information content (AvgIpc) is 2.38. The fourth-order valence-electron chi connectivity index (χ4n) is 2.73. The van der Waals surface area contributed by atoms with E-state index in [0.717, 1.165) is 16.9 Å². The molecule has 2 unspecified atom stereocenters. The highest BCUT2D eigenvalue weighted by Gasteiger charge is 2.39. The van der Waals surface area contributed by atoms with Gasteiger partial charge in [-0.2, -0.15) is 0 Å². The van der Waals surface area contributed by atoms with Crippen molar-refractivity contribution < 1.29 is 14.6 Å². The van der Waals surface area contributed by atoms with Crippen LogP contribution in [0.5, 0.6) is 5.75 Å². The molecule has 3 nitrogen and oxygen atoms in total. The van der Waals surface area contributed by atoms with Crippen molar-refractivity contribution in [3.05, 3.63) is 29.3 Å². The lowest BCUT2D eigenvalue weighted by molar-refractivity contribution is -0.122. The monoisotopic (exact) mass is 264 g/mol. The molecule has 1 heterocycles. The molecule has 1 aromatic rings. The van der Waals surface area contributed by atoms with Crippen molar-refractivity contribution in [2.45, 2.75) is 45.3 Å². The molecule has 106 valence electrons. The normalized spacial score (nSPS) is 27.6. The van der Waals surface area contributed by atoms with Gasteiger partial charge in [-0.05, 0) is 25.0 Å². The van der Waals surface area contributed by atoms with Crippen LogP contribution in [0.2, 0.25) is 0 Å². The van der Waals surface area contributed by atoms with Gasteiger partial charge < -0.3 is 14.6 Å². The zero-order valence-corrected chi connectivity index (χ0v) is 12.3. The number of benzene rings is 1. The second-order valence-electron chi connectivity index (χ2n) is 5.84. The van der Waals surface area contributed by atoms with E-state index in [1.54, 1.807) is 7.11 Å². The Hall–Kier alpha value is -1.06. The number of hydrogen-bond acceptors (Lipinski definition) is 3. The fourth-order valence-corrected chi connectivity index (χ4v) is 2.73. The number of methoxy groups -OCH3 is 1. The van der Waals surface area contributed by atoms with Crippen LogP contribution in [0.1, 0.15) is 37.8 Å². The maximum atomic E-state index is 11.0. The first-order valence-corrected chi connectivity index (χ1v) is 6.95. The molecule has 0 aromatic heterocycles. The molecular formula is C16H24O3. The smallest absolute Gasteiger partial charge is 0.124 e. The summed E-state index contributed by atoms with van der Waals surface area (Å²) in [5, 5.41) is 11.0. The molecule has 19 heavy (non-hydrogen) atoms. The lowest BCUT2D eigenvalue weighted by Gasteiger charge is -2.39. The van der Waals surface area contributed by atoms with Crippen molar-refractivity contribution in [3.63, 3.8) is 0 Å². The van der Waals surface area contributed by atoms with Crippen molar-refractivity contribution >= 4 is 0 Å². The highest BCUT2D eigenvalue weighted by molar-refractivity contribution is 5.41. The van der Waals surface area contributed by atoms with Gasteiger partial charge in [0.1, 0.15) is 5.75 Å². The standard InChI is InChI=1S/C16H24O3/c1-11(2)15-10-16(17,7-8-19-15)13-9-12(3)5-6-14(13)18-4/h5-6,9,11,15,17H,7-8,10H2,1-4H3. The van der Waals surface area contributed by atoms with E-state index in [-0.39, 0.29) is 6.10 Å². The lowest BCUT2D eigenvalue weighted by Crippen LogP contribution is -2.41. The summed E-state index contributed by atoms with van der Waals surface area (Å²) in [6.45, 7) is 6.88. The van der Waals surface area contributed by atoms with E-state index in [4.69, 9.17) is 9.47 Å². The minimum Gasteiger partial charge on any atom is -0.496 e. The van der Waals surface area contributed by atoms with Crippen LogP contribution in [-0.2, 0) is 10.3 Å². The zero-order chi connectivity index (χ0) is 14.0. The van der Waals surface area contributed by atoms with Gasteiger partial charge in [0.2, 0.25) is 0 Å². The van der Waals surface area contributed by atoms with Gasteiger partial charge in [-0.15, -0.1) is 0 Å². The molecule has 1 fully saturated rings. The van der Waals surface area contributed by atoms with Gasteiger partial charge in [-0.3, -0.25) is 0 Å². The molecule has 1 aliphatic heterocycles. The van der Waals surface area contributed by atoms with Crippen LogP contribution < -0.4 is 4.74 Å². The molecule has 0 amide bonds. The number of ether oxygens (including phenoxy) is 2. The van der Waals surface area contributed by atoms with E-state index in [2.05, 4.69) is 13.8 Å². The molecular weight excluding hydrogens is 240 g/mol. The number of hydrogen-bond donors (Lipinski definition) is 1. The van der Waals surface area contributed by atoms with Gasteiger partial charge in [-0.25, -0.2) is 0 Å². The Kier molecular flexibility index (Phi) is 4.16. The van der Waals surface area contributed by atoms with Crippen molar-refractivity contribution in [2.75, 3.05) is 13.7 Å². The van der Waals surface area contributed by atoms with E-state index >= 15 is 0 Å². The first kappa shape index (κ1) is 14.4. The zero-order valence-electron chi connectivity index (χ0n) is 12.3. The minimum atomic E-state index is -0.843. The van der Waals surface area contributed by atoms with E-state index in [1.165, 1.54) is 0 Å². The van der Waals surface area contributed by atoms with Crippen molar-refractivity contribution in [1.29, 1.82) is 0 Å². The van der Waals surface area contributed by atoms with Gasteiger partial charge in [0.25, 0.3) is 0 Å². The maximum Gasteiger partial charge on any atom is 0.124 e. The highest BCUT2D eigenvalue weighted by Crippen LogP contribution is 2.41.